The zero-order valence-corrected chi connectivity index (χ0v) is 11.1. The number of benzene rings is 1. The Bertz CT molecular complexity index is 669. The molecule has 1 aromatic carbocycles. The normalized spacial score (nSPS) is 20.5. The molecule has 2 rings (SSSR count). The third kappa shape index (κ3) is 3.05. The van der Waals surface area contributed by atoms with Crippen LogP contribution in [0.2, 0.25) is 0 Å². The summed E-state index contributed by atoms with van der Waals surface area (Å²) in [4.78, 5) is 21.1. The predicted octanol–water partition coefficient (Wildman–Crippen LogP) is 0.892. The number of sulfone groups is 1. The average molecular weight is 300 g/mol. The van der Waals surface area contributed by atoms with Gasteiger partial charge in [0.1, 0.15) is 5.69 Å². The van der Waals surface area contributed by atoms with E-state index in [-0.39, 0.29) is 28.4 Å². The van der Waals surface area contributed by atoms with Crippen molar-refractivity contribution in [3.8, 4) is 0 Å². The molecule has 0 aliphatic carbocycles. The molecule has 0 bridgehead atoms. The molecule has 108 valence electrons. The summed E-state index contributed by atoms with van der Waals surface area (Å²) >= 11 is 0. The van der Waals surface area contributed by atoms with Gasteiger partial charge in [-0.1, -0.05) is 0 Å². The van der Waals surface area contributed by atoms with Crippen molar-refractivity contribution in [3.05, 3.63) is 33.9 Å². The second kappa shape index (κ2) is 5.08. The van der Waals surface area contributed by atoms with E-state index < -0.39 is 26.8 Å². The lowest BCUT2D eigenvalue weighted by molar-refractivity contribution is -0.384. The van der Waals surface area contributed by atoms with Gasteiger partial charge in [-0.25, -0.2) is 13.2 Å². The van der Waals surface area contributed by atoms with E-state index in [2.05, 4.69) is 5.32 Å². The van der Waals surface area contributed by atoms with Gasteiger partial charge < -0.3 is 10.4 Å². The molecular formula is C11H12N2O6S. The molecule has 1 atom stereocenters. The van der Waals surface area contributed by atoms with Crippen molar-refractivity contribution in [2.75, 3.05) is 16.8 Å². The molecule has 0 saturated carbocycles. The molecule has 0 spiro atoms. The Kier molecular flexibility index (Phi) is 3.62. The third-order valence-electron chi connectivity index (χ3n) is 3.03. The monoisotopic (exact) mass is 300 g/mol. The molecule has 0 aromatic heterocycles. The van der Waals surface area contributed by atoms with Crippen molar-refractivity contribution in [3.63, 3.8) is 0 Å². The van der Waals surface area contributed by atoms with E-state index in [1.54, 1.807) is 0 Å². The quantitative estimate of drug-likeness (QED) is 0.624. The van der Waals surface area contributed by atoms with E-state index >= 15 is 0 Å². The number of hydrogen-bond acceptors (Lipinski definition) is 6. The summed E-state index contributed by atoms with van der Waals surface area (Å²) in [5, 5.41) is 22.6. The average Bonchev–Trinajstić information content (AvgIpc) is 2.68. The minimum Gasteiger partial charge on any atom is -0.478 e. The van der Waals surface area contributed by atoms with Crippen molar-refractivity contribution in [2.24, 2.45) is 0 Å². The van der Waals surface area contributed by atoms with Gasteiger partial charge in [-0.05, 0) is 18.6 Å². The number of carboxylic acids is 1. The first kappa shape index (κ1) is 14.3. The number of nitrogens with zero attached hydrogens (tertiary/aromatic N) is 1. The molecule has 1 heterocycles. The topological polar surface area (TPSA) is 127 Å². The van der Waals surface area contributed by atoms with Crippen LogP contribution in [0.1, 0.15) is 16.8 Å². The lowest BCUT2D eigenvalue weighted by Gasteiger charge is -2.13. The van der Waals surface area contributed by atoms with Crippen LogP contribution in [-0.4, -0.2) is 42.0 Å². The maximum Gasteiger partial charge on any atom is 0.335 e. The fraction of sp³-hybridized carbons (Fsp3) is 0.364. The number of carboxylic acid groups (broad SMARTS) is 1. The Morgan fingerprint density at radius 1 is 1.45 bits per heavy atom. The number of nitro benzene ring substituents is 1. The van der Waals surface area contributed by atoms with Crippen molar-refractivity contribution in [2.45, 2.75) is 12.5 Å². The van der Waals surface area contributed by atoms with Crippen LogP contribution in [0.15, 0.2) is 18.2 Å². The number of anilines is 1. The molecule has 2 N–H and O–H groups in total. The first-order valence-corrected chi connectivity index (χ1v) is 7.59. The Morgan fingerprint density at radius 2 is 2.15 bits per heavy atom. The van der Waals surface area contributed by atoms with Crippen molar-refractivity contribution in [1.82, 2.24) is 0 Å². The number of hydrogen-bond donors (Lipinski definition) is 2. The van der Waals surface area contributed by atoms with Crippen LogP contribution in [0, 0.1) is 10.1 Å². The fourth-order valence-corrected chi connectivity index (χ4v) is 3.75. The molecule has 1 fully saturated rings. The molecule has 1 unspecified atom stereocenters. The van der Waals surface area contributed by atoms with Crippen LogP contribution < -0.4 is 5.32 Å². The number of nitrogens with one attached hydrogen (secondary N) is 1. The Hall–Kier alpha value is -2.16. The summed E-state index contributed by atoms with van der Waals surface area (Å²) in [7, 11) is -3.12. The maximum atomic E-state index is 11.4. The van der Waals surface area contributed by atoms with Gasteiger partial charge in [0.05, 0.1) is 22.0 Å². The summed E-state index contributed by atoms with van der Waals surface area (Å²) < 4.78 is 22.7. The molecule has 0 radical (unpaired) electrons. The Morgan fingerprint density at radius 3 is 2.65 bits per heavy atom. The van der Waals surface area contributed by atoms with Crippen LogP contribution in [0.5, 0.6) is 0 Å². The predicted molar refractivity (Wildman–Crippen MR) is 70.7 cm³/mol. The van der Waals surface area contributed by atoms with Gasteiger partial charge in [-0.15, -0.1) is 0 Å². The smallest absolute Gasteiger partial charge is 0.335 e. The van der Waals surface area contributed by atoms with Crippen LogP contribution in [0.25, 0.3) is 0 Å². The molecule has 1 aromatic rings. The summed E-state index contributed by atoms with van der Waals surface area (Å²) in [6.45, 7) is 0. The highest BCUT2D eigenvalue weighted by atomic mass is 32.2. The molecule has 1 saturated heterocycles. The highest BCUT2D eigenvalue weighted by Gasteiger charge is 2.29. The van der Waals surface area contributed by atoms with E-state index in [4.69, 9.17) is 5.11 Å². The summed E-state index contributed by atoms with van der Waals surface area (Å²) in [5.74, 6) is -1.29. The van der Waals surface area contributed by atoms with Crippen LogP contribution >= 0.6 is 0 Å². The molecule has 1 aliphatic heterocycles. The summed E-state index contributed by atoms with van der Waals surface area (Å²) in [6, 6.07) is 2.93. The first-order valence-electron chi connectivity index (χ1n) is 5.77. The molecular weight excluding hydrogens is 288 g/mol. The Labute approximate surface area is 114 Å². The molecule has 20 heavy (non-hydrogen) atoms. The van der Waals surface area contributed by atoms with E-state index in [1.807, 2.05) is 0 Å². The van der Waals surface area contributed by atoms with Crippen LogP contribution in [-0.2, 0) is 9.84 Å². The summed E-state index contributed by atoms with van der Waals surface area (Å²) in [6.07, 6.45) is 0.344. The number of carbonyl (C=O) groups is 1. The number of aromatic carboxylic acids is 1. The molecule has 0 amide bonds. The van der Waals surface area contributed by atoms with Gasteiger partial charge in [-0.3, -0.25) is 10.1 Å². The SMILES string of the molecule is O=C(O)c1ccc([N+](=O)[O-])c(NC2CCS(=O)(=O)C2)c1. The largest absolute Gasteiger partial charge is 0.478 e. The standard InChI is InChI=1S/C11H12N2O6S/c14-11(15)7-1-2-10(13(16)17)9(5-7)12-8-3-4-20(18,19)6-8/h1-2,5,8,12H,3-4,6H2,(H,14,15). The fourth-order valence-electron chi connectivity index (χ4n) is 2.07. The number of rotatable bonds is 4. The van der Waals surface area contributed by atoms with Crippen molar-refractivity contribution in [1.29, 1.82) is 0 Å². The zero-order chi connectivity index (χ0) is 14.9. The van der Waals surface area contributed by atoms with E-state index in [9.17, 15) is 23.3 Å². The van der Waals surface area contributed by atoms with Gasteiger partial charge in [0.2, 0.25) is 0 Å². The summed E-state index contributed by atoms with van der Waals surface area (Å²) in [5.41, 5.74) is -0.352. The van der Waals surface area contributed by atoms with Gasteiger partial charge in [0.15, 0.2) is 9.84 Å². The number of nitro groups is 1. The van der Waals surface area contributed by atoms with Crippen LogP contribution in [0.4, 0.5) is 11.4 Å². The highest BCUT2D eigenvalue weighted by Crippen LogP contribution is 2.28. The lowest BCUT2D eigenvalue weighted by Crippen LogP contribution is -2.21. The second-order valence-corrected chi connectivity index (χ2v) is 6.77. The molecule has 1 aliphatic rings. The highest BCUT2D eigenvalue weighted by molar-refractivity contribution is 7.91. The van der Waals surface area contributed by atoms with E-state index in [0.717, 1.165) is 18.2 Å². The minimum atomic E-state index is -3.12. The molecule has 9 heteroatoms. The zero-order valence-electron chi connectivity index (χ0n) is 10.3. The second-order valence-electron chi connectivity index (χ2n) is 4.54. The van der Waals surface area contributed by atoms with Crippen molar-refractivity contribution < 1.29 is 23.2 Å². The van der Waals surface area contributed by atoms with Gasteiger partial charge in [0.25, 0.3) is 5.69 Å². The minimum absolute atomic E-state index is 0.0249. The van der Waals surface area contributed by atoms with E-state index in [0.29, 0.717) is 6.42 Å². The van der Waals surface area contributed by atoms with Gasteiger partial charge >= 0.3 is 5.97 Å². The van der Waals surface area contributed by atoms with E-state index in [1.165, 1.54) is 0 Å². The van der Waals surface area contributed by atoms with Crippen LogP contribution in [0.3, 0.4) is 0 Å². The first-order chi connectivity index (χ1) is 9.28. The Balaban J connectivity index is 2.31. The third-order valence-corrected chi connectivity index (χ3v) is 4.80. The van der Waals surface area contributed by atoms with Gasteiger partial charge in [-0.2, -0.15) is 0 Å². The molecule has 8 nitrogen and oxygen atoms in total. The van der Waals surface area contributed by atoms with Gasteiger partial charge in [0, 0.05) is 12.1 Å². The maximum absolute atomic E-state index is 11.4. The lowest BCUT2D eigenvalue weighted by atomic mass is 10.1. The van der Waals surface area contributed by atoms with Crippen molar-refractivity contribution >= 4 is 27.2 Å².